The second kappa shape index (κ2) is 4.93. The molecule has 0 aliphatic heterocycles. The van der Waals surface area contributed by atoms with Crippen LogP contribution < -0.4 is 5.73 Å². The lowest BCUT2D eigenvalue weighted by Crippen LogP contribution is -2.28. The van der Waals surface area contributed by atoms with Crippen LogP contribution in [0, 0.1) is 11.2 Å². The van der Waals surface area contributed by atoms with E-state index in [0.29, 0.717) is 0 Å². The van der Waals surface area contributed by atoms with Gasteiger partial charge >= 0.3 is 0 Å². The number of hydrogen-bond acceptors (Lipinski definition) is 3. The van der Waals surface area contributed by atoms with Crippen LogP contribution in [0.1, 0.15) is 47.5 Å². The molecule has 1 aromatic carbocycles. The Hall–Kier alpha value is -1.26. The molecule has 2 nitrogen and oxygen atoms in total. The zero-order valence-electron chi connectivity index (χ0n) is 11.8. The second-order valence-electron chi connectivity index (χ2n) is 6.37. The number of halogens is 1. The minimum Gasteiger partial charge on any atom is -0.323 e. The van der Waals surface area contributed by atoms with Gasteiger partial charge in [-0.1, -0.05) is 26.0 Å². The molecule has 0 bridgehead atoms. The van der Waals surface area contributed by atoms with E-state index in [-0.39, 0.29) is 17.3 Å². The zero-order chi connectivity index (χ0) is 14.3. The van der Waals surface area contributed by atoms with Crippen LogP contribution in [0.15, 0.2) is 24.3 Å². The van der Waals surface area contributed by atoms with E-state index < -0.39 is 0 Å². The Morgan fingerprint density at radius 2 is 2.05 bits per heavy atom. The molecule has 20 heavy (non-hydrogen) atoms. The van der Waals surface area contributed by atoms with Gasteiger partial charge < -0.3 is 5.73 Å². The Balaban J connectivity index is 1.85. The minimum absolute atomic E-state index is 0.105. The van der Waals surface area contributed by atoms with Gasteiger partial charge in [-0.05, 0) is 36.0 Å². The van der Waals surface area contributed by atoms with Crippen molar-refractivity contribution in [2.24, 2.45) is 11.1 Å². The first kappa shape index (κ1) is 13.7. The number of nitrogens with zero attached hydrogens (tertiary/aromatic N) is 1. The molecule has 106 valence electrons. The maximum atomic E-state index is 12.9. The summed E-state index contributed by atoms with van der Waals surface area (Å²) in [6.07, 6.45) is 2.76. The molecule has 4 heteroatoms. The van der Waals surface area contributed by atoms with E-state index in [2.05, 4.69) is 13.8 Å². The molecule has 1 aromatic heterocycles. The van der Waals surface area contributed by atoms with Gasteiger partial charge in [0.05, 0.1) is 10.7 Å². The number of benzene rings is 1. The predicted octanol–water partition coefficient (Wildman–Crippen LogP) is 3.85. The first-order chi connectivity index (χ1) is 9.43. The van der Waals surface area contributed by atoms with E-state index in [9.17, 15) is 4.39 Å². The summed E-state index contributed by atoms with van der Waals surface area (Å²) in [6, 6.07) is 6.74. The summed E-state index contributed by atoms with van der Waals surface area (Å²) in [7, 11) is 0. The summed E-state index contributed by atoms with van der Waals surface area (Å²) >= 11 is 1.71. The molecule has 1 atom stereocenters. The molecule has 0 fully saturated rings. The Labute approximate surface area is 122 Å². The SMILES string of the molecule is CC1(C)Cc2nc(Cc3ccc(F)cc3)sc2C(N)C1. The van der Waals surface area contributed by atoms with Crippen LogP contribution in [-0.2, 0) is 12.8 Å². The van der Waals surface area contributed by atoms with E-state index in [4.69, 9.17) is 10.7 Å². The summed E-state index contributed by atoms with van der Waals surface area (Å²) in [6.45, 7) is 4.49. The highest BCUT2D eigenvalue weighted by atomic mass is 32.1. The molecule has 0 radical (unpaired) electrons. The van der Waals surface area contributed by atoms with Crippen LogP contribution >= 0.6 is 11.3 Å². The Bertz CT molecular complexity index is 616. The van der Waals surface area contributed by atoms with Crippen molar-refractivity contribution in [2.45, 2.75) is 39.2 Å². The van der Waals surface area contributed by atoms with Crippen molar-refractivity contribution in [3.63, 3.8) is 0 Å². The van der Waals surface area contributed by atoms with E-state index in [1.807, 2.05) is 12.1 Å². The summed E-state index contributed by atoms with van der Waals surface area (Å²) in [4.78, 5) is 6.00. The molecular weight excluding hydrogens is 271 g/mol. The highest BCUT2D eigenvalue weighted by Crippen LogP contribution is 2.42. The number of rotatable bonds is 2. The largest absolute Gasteiger partial charge is 0.323 e. The van der Waals surface area contributed by atoms with Crippen LogP contribution in [0.3, 0.4) is 0 Å². The Kier molecular flexibility index (Phi) is 3.38. The second-order valence-corrected chi connectivity index (χ2v) is 7.49. The normalized spacial score (nSPS) is 20.7. The van der Waals surface area contributed by atoms with Gasteiger partial charge in [-0.15, -0.1) is 11.3 Å². The molecule has 0 amide bonds. The number of fused-ring (bicyclic) bond motifs is 1. The van der Waals surface area contributed by atoms with Crippen molar-refractivity contribution in [3.8, 4) is 0 Å². The van der Waals surface area contributed by atoms with Gasteiger partial charge in [-0.2, -0.15) is 0 Å². The Morgan fingerprint density at radius 1 is 1.35 bits per heavy atom. The molecule has 1 unspecified atom stereocenters. The summed E-state index contributed by atoms with van der Waals surface area (Å²) in [5, 5.41) is 1.08. The third-order valence-corrected chi connectivity index (χ3v) is 5.03. The summed E-state index contributed by atoms with van der Waals surface area (Å²) in [5.74, 6) is -0.198. The van der Waals surface area contributed by atoms with Gasteiger partial charge in [0, 0.05) is 17.3 Å². The van der Waals surface area contributed by atoms with Gasteiger partial charge in [-0.25, -0.2) is 9.37 Å². The summed E-state index contributed by atoms with van der Waals surface area (Å²) in [5.41, 5.74) is 8.75. The Morgan fingerprint density at radius 3 is 2.75 bits per heavy atom. The van der Waals surface area contributed by atoms with E-state index in [1.165, 1.54) is 17.0 Å². The molecule has 3 rings (SSSR count). The standard InChI is InChI=1S/C16H19FN2S/c1-16(2)8-12(18)15-13(9-16)19-14(20-15)7-10-3-5-11(17)6-4-10/h3-6,12H,7-9,18H2,1-2H3. The third kappa shape index (κ3) is 2.76. The minimum atomic E-state index is -0.198. The molecule has 0 spiro atoms. The van der Waals surface area contributed by atoms with Crippen molar-refractivity contribution in [2.75, 3.05) is 0 Å². The molecular formula is C16H19FN2S. The lowest BCUT2D eigenvalue weighted by atomic mass is 9.77. The van der Waals surface area contributed by atoms with Crippen molar-refractivity contribution in [1.29, 1.82) is 0 Å². The van der Waals surface area contributed by atoms with Crippen molar-refractivity contribution < 1.29 is 4.39 Å². The number of hydrogen-bond donors (Lipinski definition) is 1. The zero-order valence-corrected chi connectivity index (χ0v) is 12.6. The molecule has 2 N–H and O–H groups in total. The molecule has 1 aliphatic rings. The fourth-order valence-electron chi connectivity index (χ4n) is 2.90. The lowest BCUT2D eigenvalue weighted by molar-refractivity contribution is 0.282. The molecule has 1 heterocycles. The fourth-order valence-corrected chi connectivity index (χ4v) is 4.02. The van der Waals surface area contributed by atoms with E-state index in [0.717, 1.165) is 35.5 Å². The number of aromatic nitrogens is 1. The molecule has 0 saturated carbocycles. The highest BCUT2D eigenvalue weighted by molar-refractivity contribution is 7.11. The monoisotopic (exact) mass is 290 g/mol. The highest BCUT2D eigenvalue weighted by Gasteiger charge is 2.33. The van der Waals surface area contributed by atoms with Crippen LogP contribution in [-0.4, -0.2) is 4.98 Å². The van der Waals surface area contributed by atoms with Crippen LogP contribution in [0.25, 0.3) is 0 Å². The van der Waals surface area contributed by atoms with Gasteiger partial charge in [0.1, 0.15) is 5.82 Å². The van der Waals surface area contributed by atoms with Crippen molar-refractivity contribution >= 4 is 11.3 Å². The molecule has 2 aromatic rings. The quantitative estimate of drug-likeness (QED) is 0.912. The van der Waals surface area contributed by atoms with Crippen LogP contribution in [0.4, 0.5) is 4.39 Å². The first-order valence-corrected chi connectivity index (χ1v) is 7.73. The average molecular weight is 290 g/mol. The van der Waals surface area contributed by atoms with Gasteiger partial charge in [0.2, 0.25) is 0 Å². The first-order valence-electron chi connectivity index (χ1n) is 6.91. The number of nitrogens with two attached hydrogens (primary N) is 1. The van der Waals surface area contributed by atoms with Gasteiger partial charge in [-0.3, -0.25) is 0 Å². The van der Waals surface area contributed by atoms with E-state index >= 15 is 0 Å². The fraction of sp³-hybridized carbons (Fsp3) is 0.438. The average Bonchev–Trinajstić information content (AvgIpc) is 2.73. The molecule has 1 aliphatic carbocycles. The predicted molar refractivity (Wildman–Crippen MR) is 80.4 cm³/mol. The van der Waals surface area contributed by atoms with Gasteiger partial charge in [0.15, 0.2) is 0 Å². The lowest BCUT2D eigenvalue weighted by Gasteiger charge is -2.32. The molecule has 0 saturated heterocycles. The topological polar surface area (TPSA) is 38.9 Å². The van der Waals surface area contributed by atoms with Crippen LogP contribution in [0.5, 0.6) is 0 Å². The number of thiazole rings is 1. The van der Waals surface area contributed by atoms with E-state index in [1.54, 1.807) is 11.3 Å². The van der Waals surface area contributed by atoms with Crippen molar-refractivity contribution in [1.82, 2.24) is 4.98 Å². The summed E-state index contributed by atoms with van der Waals surface area (Å²) < 4.78 is 12.9. The van der Waals surface area contributed by atoms with Gasteiger partial charge in [0.25, 0.3) is 0 Å². The smallest absolute Gasteiger partial charge is 0.123 e. The van der Waals surface area contributed by atoms with Crippen LogP contribution in [0.2, 0.25) is 0 Å². The maximum Gasteiger partial charge on any atom is 0.123 e. The van der Waals surface area contributed by atoms with Crippen molar-refractivity contribution in [3.05, 3.63) is 51.2 Å². The third-order valence-electron chi connectivity index (χ3n) is 3.80. The maximum absolute atomic E-state index is 12.9.